The number of amides is 1. The minimum Gasteiger partial charge on any atom is -0.352 e. The Hall–Kier alpha value is -0.220. The molecule has 0 aliphatic heterocycles. The van der Waals surface area contributed by atoms with Gasteiger partial charge in [0, 0.05) is 17.8 Å². The molecule has 0 aromatic carbocycles. The van der Waals surface area contributed by atoms with Gasteiger partial charge in [-0.05, 0) is 32.4 Å². The summed E-state index contributed by atoms with van der Waals surface area (Å²) >= 11 is 1.88. The molecule has 3 nitrogen and oxygen atoms in total. The molecule has 3 unspecified atom stereocenters. The monoisotopic (exact) mass is 258 g/mol. The number of hydrogen-bond acceptors (Lipinski definition) is 3. The molecular formula is C13H26N2OS. The third-order valence-corrected chi connectivity index (χ3v) is 5.27. The summed E-state index contributed by atoms with van der Waals surface area (Å²) in [5, 5.41) is 3.80. The first-order valence-electron chi connectivity index (χ1n) is 6.61. The van der Waals surface area contributed by atoms with E-state index in [1.165, 1.54) is 19.3 Å². The summed E-state index contributed by atoms with van der Waals surface area (Å²) in [6.45, 7) is 4.41. The maximum Gasteiger partial charge on any atom is 0.227 e. The molecule has 17 heavy (non-hydrogen) atoms. The van der Waals surface area contributed by atoms with E-state index in [4.69, 9.17) is 5.73 Å². The van der Waals surface area contributed by atoms with E-state index in [-0.39, 0.29) is 5.91 Å². The highest BCUT2D eigenvalue weighted by Gasteiger charge is 2.33. The summed E-state index contributed by atoms with van der Waals surface area (Å²) in [6.07, 6.45) is 7.79. The molecule has 1 rings (SSSR count). The molecule has 0 aromatic rings. The van der Waals surface area contributed by atoms with Crippen LogP contribution in [0.15, 0.2) is 0 Å². The minimum absolute atomic E-state index is 0.133. The Balaban J connectivity index is 2.60. The van der Waals surface area contributed by atoms with E-state index in [2.05, 4.69) is 11.6 Å². The van der Waals surface area contributed by atoms with Gasteiger partial charge in [0.25, 0.3) is 0 Å². The fourth-order valence-electron chi connectivity index (χ4n) is 2.28. The molecule has 100 valence electrons. The second-order valence-corrected chi connectivity index (χ2v) is 6.33. The molecule has 0 spiro atoms. The van der Waals surface area contributed by atoms with Gasteiger partial charge in [0.05, 0.1) is 5.41 Å². The molecule has 0 bridgehead atoms. The summed E-state index contributed by atoms with van der Waals surface area (Å²) in [5.41, 5.74) is 5.32. The zero-order valence-electron chi connectivity index (χ0n) is 11.3. The normalized spacial score (nSPS) is 28.5. The molecule has 3 N–H and O–H groups in total. The van der Waals surface area contributed by atoms with Crippen molar-refractivity contribution in [3.8, 4) is 0 Å². The summed E-state index contributed by atoms with van der Waals surface area (Å²) in [5.74, 6) is 0.133. The lowest BCUT2D eigenvalue weighted by Crippen LogP contribution is -2.51. The van der Waals surface area contributed by atoms with E-state index in [0.29, 0.717) is 17.8 Å². The Kier molecular flexibility index (Phi) is 5.80. The number of carbonyl (C=O) groups excluding carboxylic acids is 1. The van der Waals surface area contributed by atoms with Crippen LogP contribution in [0.5, 0.6) is 0 Å². The maximum absolute atomic E-state index is 12.3. The molecule has 0 heterocycles. The molecule has 1 aliphatic rings. The predicted molar refractivity (Wildman–Crippen MR) is 75.2 cm³/mol. The summed E-state index contributed by atoms with van der Waals surface area (Å²) in [4.78, 5) is 12.3. The van der Waals surface area contributed by atoms with Crippen LogP contribution in [-0.4, -0.2) is 30.0 Å². The number of nitrogens with two attached hydrogens (primary N) is 1. The highest BCUT2D eigenvalue weighted by atomic mass is 32.2. The van der Waals surface area contributed by atoms with E-state index >= 15 is 0 Å². The van der Waals surface area contributed by atoms with Crippen LogP contribution in [0.25, 0.3) is 0 Å². The topological polar surface area (TPSA) is 55.1 Å². The van der Waals surface area contributed by atoms with Crippen molar-refractivity contribution in [2.45, 2.75) is 57.2 Å². The smallest absolute Gasteiger partial charge is 0.227 e. The average molecular weight is 258 g/mol. The number of hydrogen-bond donors (Lipinski definition) is 2. The van der Waals surface area contributed by atoms with Gasteiger partial charge in [-0.3, -0.25) is 4.79 Å². The Labute approximate surface area is 109 Å². The molecule has 0 saturated heterocycles. The highest BCUT2D eigenvalue weighted by molar-refractivity contribution is 7.99. The molecule has 1 saturated carbocycles. The SMILES string of the molecule is CCC(C)(CN)C(=O)NC1CCCCC1SC. The summed E-state index contributed by atoms with van der Waals surface area (Å²) < 4.78 is 0. The minimum atomic E-state index is -0.402. The van der Waals surface area contributed by atoms with Gasteiger partial charge in [-0.1, -0.05) is 19.8 Å². The first-order valence-corrected chi connectivity index (χ1v) is 7.90. The highest BCUT2D eigenvalue weighted by Crippen LogP contribution is 2.28. The van der Waals surface area contributed by atoms with Gasteiger partial charge in [-0.15, -0.1) is 0 Å². The van der Waals surface area contributed by atoms with Crippen LogP contribution in [0, 0.1) is 5.41 Å². The molecule has 0 radical (unpaired) electrons. The summed E-state index contributed by atoms with van der Waals surface area (Å²) in [7, 11) is 0. The zero-order valence-corrected chi connectivity index (χ0v) is 12.1. The van der Waals surface area contributed by atoms with Gasteiger partial charge in [0.1, 0.15) is 0 Å². The van der Waals surface area contributed by atoms with Crippen molar-refractivity contribution in [2.24, 2.45) is 11.1 Å². The van der Waals surface area contributed by atoms with Crippen LogP contribution in [0.1, 0.15) is 46.0 Å². The third kappa shape index (κ3) is 3.62. The molecule has 1 aliphatic carbocycles. The number of nitrogens with one attached hydrogen (secondary N) is 1. The molecular weight excluding hydrogens is 232 g/mol. The largest absolute Gasteiger partial charge is 0.352 e. The van der Waals surface area contributed by atoms with Gasteiger partial charge in [0.2, 0.25) is 5.91 Å². The molecule has 4 heteroatoms. The second-order valence-electron chi connectivity index (χ2n) is 5.26. The Morgan fingerprint density at radius 3 is 2.65 bits per heavy atom. The predicted octanol–water partition coefficient (Wildman–Crippen LogP) is 2.15. The van der Waals surface area contributed by atoms with Crippen molar-refractivity contribution in [3.63, 3.8) is 0 Å². The zero-order chi connectivity index (χ0) is 12.9. The number of rotatable bonds is 5. The van der Waals surface area contributed by atoms with E-state index in [0.717, 1.165) is 12.8 Å². The van der Waals surface area contributed by atoms with Crippen molar-refractivity contribution in [3.05, 3.63) is 0 Å². The van der Waals surface area contributed by atoms with Crippen LogP contribution < -0.4 is 11.1 Å². The van der Waals surface area contributed by atoms with Gasteiger partial charge in [-0.2, -0.15) is 11.8 Å². The van der Waals surface area contributed by atoms with Gasteiger partial charge >= 0.3 is 0 Å². The lowest BCUT2D eigenvalue weighted by molar-refractivity contribution is -0.130. The van der Waals surface area contributed by atoms with E-state index in [9.17, 15) is 4.79 Å². The molecule has 1 fully saturated rings. The fourth-order valence-corrected chi connectivity index (χ4v) is 3.22. The van der Waals surface area contributed by atoms with E-state index < -0.39 is 5.41 Å². The van der Waals surface area contributed by atoms with Crippen molar-refractivity contribution in [1.82, 2.24) is 5.32 Å². The first-order chi connectivity index (χ1) is 8.07. The third-order valence-electron chi connectivity index (χ3n) is 4.10. The molecule has 3 atom stereocenters. The van der Waals surface area contributed by atoms with Crippen LogP contribution in [-0.2, 0) is 4.79 Å². The number of thioether (sulfide) groups is 1. The fraction of sp³-hybridized carbons (Fsp3) is 0.923. The van der Waals surface area contributed by atoms with Crippen molar-refractivity contribution in [2.75, 3.05) is 12.8 Å². The van der Waals surface area contributed by atoms with Crippen molar-refractivity contribution < 1.29 is 4.79 Å². The first kappa shape index (κ1) is 14.8. The van der Waals surface area contributed by atoms with E-state index in [1.807, 2.05) is 25.6 Å². The lowest BCUT2D eigenvalue weighted by Gasteiger charge is -2.34. The van der Waals surface area contributed by atoms with Crippen molar-refractivity contribution >= 4 is 17.7 Å². The van der Waals surface area contributed by atoms with Gasteiger partial charge in [-0.25, -0.2) is 0 Å². The number of carbonyl (C=O) groups is 1. The quantitative estimate of drug-likeness (QED) is 0.794. The van der Waals surface area contributed by atoms with Gasteiger partial charge < -0.3 is 11.1 Å². The van der Waals surface area contributed by atoms with Crippen LogP contribution in [0.2, 0.25) is 0 Å². The van der Waals surface area contributed by atoms with Crippen LogP contribution in [0.4, 0.5) is 0 Å². The standard InChI is InChI=1S/C13H26N2OS/c1-4-13(2,9-14)12(16)15-10-7-5-6-8-11(10)17-3/h10-11H,4-9,14H2,1-3H3,(H,15,16). The summed E-state index contributed by atoms with van der Waals surface area (Å²) in [6, 6.07) is 0.337. The van der Waals surface area contributed by atoms with Crippen molar-refractivity contribution in [1.29, 1.82) is 0 Å². The Bertz CT molecular complexity index is 254. The van der Waals surface area contributed by atoms with Crippen LogP contribution in [0.3, 0.4) is 0 Å². The molecule has 0 aromatic heterocycles. The second kappa shape index (κ2) is 6.64. The van der Waals surface area contributed by atoms with E-state index in [1.54, 1.807) is 0 Å². The molecule has 1 amide bonds. The maximum atomic E-state index is 12.3. The van der Waals surface area contributed by atoms with Crippen LogP contribution >= 0.6 is 11.8 Å². The lowest BCUT2D eigenvalue weighted by atomic mass is 9.85. The Morgan fingerprint density at radius 1 is 1.47 bits per heavy atom. The average Bonchev–Trinajstić information content (AvgIpc) is 2.38. The van der Waals surface area contributed by atoms with Gasteiger partial charge in [0.15, 0.2) is 0 Å². The Morgan fingerprint density at radius 2 is 2.12 bits per heavy atom.